The van der Waals surface area contributed by atoms with E-state index in [2.05, 4.69) is 17.3 Å². The van der Waals surface area contributed by atoms with E-state index in [-0.39, 0.29) is 13.2 Å². The van der Waals surface area contributed by atoms with Crippen LogP contribution < -0.4 is 5.32 Å². The van der Waals surface area contributed by atoms with Gasteiger partial charge in [0, 0.05) is 11.3 Å². The van der Waals surface area contributed by atoms with E-state index in [0.29, 0.717) is 0 Å². The van der Waals surface area contributed by atoms with Gasteiger partial charge in [-0.15, -0.1) is 6.42 Å². The summed E-state index contributed by atoms with van der Waals surface area (Å²) in [5, 5.41) is 5.60. The van der Waals surface area contributed by atoms with E-state index in [1.54, 1.807) is 13.8 Å². The van der Waals surface area contributed by atoms with Crippen molar-refractivity contribution in [3.05, 3.63) is 77.9 Å². The molecule has 1 N–H and O–H groups in total. The maximum atomic E-state index is 13.6. The number of fused-ring (bicyclic) bond motifs is 1. The molecule has 3 aromatic carbocycles. The third kappa shape index (κ3) is 4.46. The number of hydrogen-bond acceptors (Lipinski definition) is 4. The van der Waals surface area contributed by atoms with E-state index in [9.17, 15) is 4.57 Å². The van der Waals surface area contributed by atoms with E-state index >= 15 is 0 Å². The summed E-state index contributed by atoms with van der Waals surface area (Å²) in [7, 11) is -3.46. The Hall–Kier alpha value is -2.57. The van der Waals surface area contributed by atoms with Gasteiger partial charge in [-0.05, 0) is 54.4 Å². The Morgan fingerprint density at radius 2 is 1.61 bits per heavy atom. The topological polar surface area (TPSA) is 47.6 Å². The normalized spacial score (nSPS) is 12.5. The first-order valence-corrected chi connectivity index (χ1v) is 10.9. The van der Waals surface area contributed by atoms with Gasteiger partial charge in [0.1, 0.15) is 0 Å². The van der Waals surface area contributed by atoms with Crippen LogP contribution in [-0.2, 0) is 13.6 Å². The highest BCUT2D eigenvalue weighted by atomic mass is 31.2. The van der Waals surface area contributed by atoms with Crippen LogP contribution in [0, 0.1) is 12.3 Å². The zero-order chi connectivity index (χ0) is 20.0. The summed E-state index contributed by atoms with van der Waals surface area (Å²) in [6, 6.07) is 21.5. The number of nitrogens with one attached hydrogen (secondary N) is 1. The summed E-state index contributed by atoms with van der Waals surface area (Å²) in [5.41, 5.74) is 2.39. The van der Waals surface area contributed by atoms with Crippen molar-refractivity contribution in [1.82, 2.24) is 0 Å². The first-order valence-electron chi connectivity index (χ1n) is 9.30. The van der Waals surface area contributed by atoms with Crippen LogP contribution in [0.5, 0.6) is 0 Å². The third-order valence-corrected chi connectivity index (χ3v) is 6.68. The predicted molar refractivity (Wildman–Crippen MR) is 116 cm³/mol. The first-order chi connectivity index (χ1) is 13.6. The lowest BCUT2D eigenvalue weighted by atomic mass is 10.1. The number of terminal acetylenes is 1. The fourth-order valence-electron chi connectivity index (χ4n) is 3.09. The molecular weight excluding hydrogens is 369 g/mol. The molecule has 0 heterocycles. The minimum Gasteiger partial charge on any atom is -0.368 e. The molecule has 5 heteroatoms. The van der Waals surface area contributed by atoms with E-state index in [1.807, 2.05) is 60.7 Å². The molecule has 0 aliphatic carbocycles. The van der Waals surface area contributed by atoms with Gasteiger partial charge in [-0.25, -0.2) is 0 Å². The average molecular weight is 393 g/mol. The van der Waals surface area contributed by atoms with E-state index in [4.69, 9.17) is 15.5 Å². The van der Waals surface area contributed by atoms with E-state index < -0.39 is 13.4 Å². The molecule has 28 heavy (non-hydrogen) atoms. The number of hydrogen-bond donors (Lipinski definition) is 1. The SMILES string of the molecule is C#Cc1ccc([C@@H](Nc2ccc3ccccc3c2)P(=O)(OCC)OCC)cc1. The van der Waals surface area contributed by atoms with Crippen LogP contribution in [0.1, 0.15) is 30.8 Å². The summed E-state index contributed by atoms with van der Waals surface area (Å²) in [6.45, 7) is 4.19. The molecule has 0 aliphatic rings. The Balaban J connectivity index is 2.03. The molecule has 0 saturated carbocycles. The molecule has 3 aromatic rings. The molecule has 0 saturated heterocycles. The molecule has 144 valence electrons. The second-order valence-corrected chi connectivity index (χ2v) is 8.36. The Morgan fingerprint density at radius 1 is 0.964 bits per heavy atom. The summed E-state index contributed by atoms with van der Waals surface area (Å²) < 4.78 is 24.9. The lowest BCUT2D eigenvalue weighted by molar-refractivity contribution is 0.214. The summed E-state index contributed by atoms with van der Waals surface area (Å²) in [6.07, 6.45) is 5.46. The fourth-order valence-corrected chi connectivity index (χ4v) is 5.03. The smallest absolute Gasteiger partial charge is 0.357 e. The van der Waals surface area contributed by atoms with E-state index in [0.717, 1.165) is 27.6 Å². The van der Waals surface area contributed by atoms with Crippen molar-refractivity contribution in [2.24, 2.45) is 0 Å². The van der Waals surface area contributed by atoms with Gasteiger partial charge in [0.2, 0.25) is 0 Å². The standard InChI is InChI=1S/C23H24NO3P/c1-4-18-11-13-20(14-12-18)23(28(25,26-5-2)27-6-3)24-22-16-15-19-9-7-8-10-21(19)17-22/h1,7-17,23-24H,5-6H2,2-3H3/t23-/m0/s1. The molecule has 0 fully saturated rings. The number of anilines is 1. The maximum absolute atomic E-state index is 13.6. The molecule has 0 amide bonds. The number of benzene rings is 3. The highest BCUT2D eigenvalue weighted by Crippen LogP contribution is 2.60. The van der Waals surface area contributed by atoms with Crippen molar-refractivity contribution in [2.45, 2.75) is 19.6 Å². The van der Waals surface area contributed by atoms with Crippen LogP contribution in [0.3, 0.4) is 0 Å². The lowest BCUT2D eigenvalue weighted by Crippen LogP contribution is -2.15. The van der Waals surface area contributed by atoms with Crippen molar-refractivity contribution in [3.8, 4) is 12.3 Å². The van der Waals surface area contributed by atoms with E-state index in [1.165, 1.54) is 0 Å². The minimum atomic E-state index is -3.46. The van der Waals surface area contributed by atoms with Gasteiger partial charge in [-0.3, -0.25) is 4.57 Å². The minimum absolute atomic E-state index is 0.287. The molecule has 0 aliphatic heterocycles. The van der Waals surface area contributed by atoms with Crippen LogP contribution in [0.4, 0.5) is 5.69 Å². The Labute approximate surface area is 166 Å². The van der Waals surface area contributed by atoms with Crippen molar-refractivity contribution in [2.75, 3.05) is 18.5 Å². The molecular formula is C23H24NO3P. The van der Waals surface area contributed by atoms with Crippen LogP contribution in [-0.4, -0.2) is 13.2 Å². The zero-order valence-corrected chi connectivity index (χ0v) is 17.0. The molecule has 0 bridgehead atoms. The summed E-state index contributed by atoms with van der Waals surface area (Å²) in [5.74, 6) is 1.95. The molecule has 0 aromatic heterocycles. The summed E-state index contributed by atoms with van der Waals surface area (Å²) >= 11 is 0. The fraction of sp³-hybridized carbons (Fsp3) is 0.217. The van der Waals surface area contributed by atoms with Gasteiger partial charge in [0.25, 0.3) is 0 Å². The van der Waals surface area contributed by atoms with Crippen LogP contribution in [0.2, 0.25) is 0 Å². The van der Waals surface area contributed by atoms with Crippen molar-refractivity contribution < 1.29 is 13.6 Å². The lowest BCUT2D eigenvalue weighted by Gasteiger charge is -2.28. The third-order valence-electron chi connectivity index (χ3n) is 4.38. The van der Waals surface area contributed by atoms with Crippen LogP contribution >= 0.6 is 7.60 Å². The molecule has 3 rings (SSSR count). The van der Waals surface area contributed by atoms with Crippen LogP contribution in [0.15, 0.2) is 66.7 Å². The Kier molecular flexibility index (Phi) is 6.54. The predicted octanol–water partition coefficient (Wildman–Crippen LogP) is 6.20. The second kappa shape index (κ2) is 9.08. The van der Waals surface area contributed by atoms with Crippen molar-refractivity contribution in [3.63, 3.8) is 0 Å². The molecule has 1 atom stereocenters. The van der Waals surface area contributed by atoms with Gasteiger partial charge < -0.3 is 14.4 Å². The molecule has 0 unspecified atom stereocenters. The first kappa shape index (κ1) is 20.2. The number of rotatable bonds is 8. The largest absolute Gasteiger partial charge is 0.368 e. The van der Waals surface area contributed by atoms with Crippen LogP contribution in [0.25, 0.3) is 10.8 Å². The maximum Gasteiger partial charge on any atom is 0.357 e. The van der Waals surface area contributed by atoms with Gasteiger partial charge in [0.15, 0.2) is 5.78 Å². The highest BCUT2D eigenvalue weighted by molar-refractivity contribution is 7.54. The van der Waals surface area contributed by atoms with Gasteiger partial charge in [-0.2, -0.15) is 0 Å². The molecule has 0 spiro atoms. The summed E-state index contributed by atoms with van der Waals surface area (Å²) in [4.78, 5) is 0. The zero-order valence-electron chi connectivity index (χ0n) is 16.1. The van der Waals surface area contributed by atoms with Gasteiger partial charge >= 0.3 is 7.60 Å². The molecule has 0 radical (unpaired) electrons. The second-order valence-electron chi connectivity index (χ2n) is 6.25. The molecule has 4 nitrogen and oxygen atoms in total. The van der Waals surface area contributed by atoms with Crippen molar-refractivity contribution >= 4 is 24.1 Å². The Bertz CT molecular complexity index is 1010. The Morgan fingerprint density at radius 3 is 2.21 bits per heavy atom. The quantitative estimate of drug-likeness (QED) is 0.366. The monoisotopic (exact) mass is 393 g/mol. The van der Waals surface area contributed by atoms with Crippen molar-refractivity contribution in [1.29, 1.82) is 0 Å². The highest BCUT2D eigenvalue weighted by Gasteiger charge is 2.37. The van der Waals surface area contributed by atoms with Gasteiger partial charge in [0.05, 0.1) is 13.2 Å². The van der Waals surface area contributed by atoms with Gasteiger partial charge in [-0.1, -0.05) is 48.4 Å². The average Bonchev–Trinajstić information content (AvgIpc) is 2.72.